The van der Waals surface area contributed by atoms with E-state index in [-0.39, 0.29) is 0 Å². The zero-order chi connectivity index (χ0) is 12.2. The molecule has 0 aromatic carbocycles. The number of aliphatic hydroxyl groups excluding tert-OH is 1. The molecule has 2 aliphatic rings. The van der Waals surface area contributed by atoms with E-state index in [1.807, 2.05) is 0 Å². The molecule has 0 aliphatic carbocycles. The summed E-state index contributed by atoms with van der Waals surface area (Å²) in [6.07, 6.45) is -0.850. The van der Waals surface area contributed by atoms with Gasteiger partial charge in [0.25, 0.3) is 0 Å². The van der Waals surface area contributed by atoms with Gasteiger partial charge in [0.05, 0.1) is 18.1 Å². The van der Waals surface area contributed by atoms with Gasteiger partial charge in [0, 0.05) is 5.92 Å². The van der Waals surface area contributed by atoms with Crippen molar-refractivity contribution < 1.29 is 24.6 Å². The van der Waals surface area contributed by atoms with Gasteiger partial charge in [-0.1, -0.05) is 6.92 Å². The van der Waals surface area contributed by atoms with Gasteiger partial charge in [0.2, 0.25) is 5.91 Å². The Hall–Kier alpha value is -1.43. The lowest BCUT2D eigenvalue weighted by Crippen LogP contribution is -2.65. The molecule has 2 rings (SSSR count). The van der Waals surface area contributed by atoms with Gasteiger partial charge in [-0.05, 0) is 6.92 Å². The van der Waals surface area contributed by atoms with Crippen molar-refractivity contribution in [3.05, 3.63) is 0 Å². The summed E-state index contributed by atoms with van der Waals surface area (Å²) in [5, 5.41) is 18.3. The molecule has 88 valence electrons. The molecule has 16 heavy (non-hydrogen) atoms. The predicted molar refractivity (Wildman–Crippen MR) is 51.4 cm³/mol. The standard InChI is InChI=1S/C10H13NO5/c1-3-6-5(4(2)12)9(14)11(6)7(8(3)13)10(15)16/h3-7,12H,1-2H3,(H,15,16)/t3-,4?,5?,6-,7-/m1/s1. The summed E-state index contributed by atoms with van der Waals surface area (Å²) < 4.78 is 0. The highest BCUT2D eigenvalue weighted by Crippen LogP contribution is 2.42. The lowest BCUT2D eigenvalue weighted by molar-refractivity contribution is -0.171. The second kappa shape index (κ2) is 3.28. The Morgan fingerprint density at radius 1 is 1.44 bits per heavy atom. The highest BCUT2D eigenvalue weighted by Gasteiger charge is 2.64. The van der Waals surface area contributed by atoms with E-state index >= 15 is 0 Å². The van der Waals surface area contributed by atoms with Gasteiger partial charge >= 0.3 is 5.97 Å². The summed E-state index contributed by atoms with van der Waals surface area (Å²) >= 11 is 0. The third-order valence-corrected chi connectivity index (χ3v) is 3.49. The van der Waals surface area contributed by atoms with Crippen LogP contribution in [-0.4, -0.2) is 51.0 Å². The minimum atomic E-state index is -1.36. The molecular weight excluding hydrogens is 214 g/mol. The first-order chi connectivity index (χ1) is 7.37. The monoisotopic (exact) mass is 227 g/mol. The van der Waals surface area contributed by atoms with Crippen LogP contribution in [0.3, 0.4) is 0 Å². The maximum atomic E-state index is 11.7. The molecule has 2 fully saturated rings. The van der Waals surface area contributed by atoms with Crippen LogP contribution in [0.2, 0.25) is 0 Å². The van der Waals surface area contributed by atoms with Gasteiger partial charge in [-0.25, -0.2) is 4.79 Å². The van der Waals surface area contributed by atoms with E-state index in [1.165, 1.54) is 6.92 Å². The molecular formula is C10H13NO5. The highest BCUT2D eigenvalue weighted by molar-refractivity contribution is 6.11. The average molecular weight is 227 g/mol. The zero-order valence-electron chi connectivity index (χ0n) is 8.95. The summed E-state index contributed by atoms with van der Waals surface area (Å²) in [5.41, 5.74) is 0. The number of carboxylic acids is 1. The largest absolute Gasteiger partial charge is 0.479 e. The van der Waals surface area contributed by atoms with Gasteiger partial charge in [0.1, 0.15) is 0 Å². The number of aliphatic carboxylic acids is 1. The number of ketones is 1. The van der Waals surface area contributed by atoms with Gasteiger partial charge in [-0.3, -0.25) is 9.59 Å². The second-order valence-corrected chi connectivity index (χ2v) is 4.43. The third-order valence-electron chi connectivity index (χ3n) is 3.49. The third kappa shape index (κ3) is 1.13. The van der Waals surface area contributed by atoms with Crippen LogP contribution in [0.1, 0.15) is 13.8 Å². The van der Waals surface area contributed by atoms with Crippen molar-refractivity contribution >= 4 is 17.7 Å². The molecule has 1 amide bonds. The zero-order valence-corrected chi connectivity index (χ0v) is 8.95. The van der Waals surface area contributed by atoms with Crippen LogP contribution in [0.5, 0.6) is 0 Å². The fourth-order valence-electron chi connectivity index (χ4n) is 2.69. The molecule has 6 nitrogen and oxygen atoms in total. The average Bonchev–Trinajstić information content (AvgIpc) is 2.38. The molecule has 2 saturated heterocycles. The summed E-state index contributed by atoms with van der Waals surface area (Å²) in [7, 11) is 0. The van der Waals surface area contributed by atoms with Crippen molar-refractivity contribution in [1.82, 2.24) is 4.90 Å². The number of hydrogen-bond donors (Lipinski definition) is 2. The van der Waals surface area contributed by atoms with Gasteiger partial charge in [-0.15, -0.1) is 0 Å². The fraction of sp³-hybridized carbons (Fsp3) is 0.700. The number of carbonyl (C=O) groups excluding carboxylic acids is 2. The molecule has 0 aromatic heterocycles. The number of hydrogen-bond acceptors (Lipinski definition) is 4. The minimum Gasteiger partial charge on any atom is -0.479 e. The van der Waals surface area contributed by atoms with Crippen molar-refractivity contribution in [2.75, 3.05) is 0 Å². The van der Waals surface area contributed by atoms with Gasteiger partial charge in [-0.2, -0.15) is 0 Å². The number of nitrogens with zero attached hydrogens (tertiary/aromatic N) is 1. The van der Waals surface area contributed by atoms with E-state index in [1.54, 1.807) is 6.92 Å². The normalized spacial score (nSPS) is 39.3. The molecule has 6 heteroatoms. The minimum absolute atomic E-state index is 0.440. The Bertz CT molecular complexity index is 377. The lowest BCUT2D eigenvalue weighted by atomic mass is 9.79. The Balaban J connectivity index is 2.32. The van der Waals surface area contributed by atoms with Crippen molar-refractivity contribution in [2.24, 2.45) is 11.8 Å². The summed E-state index contributed by atoms with van der Waals surface area (Å²) in [6.45, 7) is 3.08. The van der Waals surface area contributed by atoms with Crippen LogP contribution in [-0.2, 0) is 14.4 Å². The molecule has 0 radical (unpaired) electrons. The number of aliphatic hydroxyl groups is 1. The van der Waals surface area contributed by atoms with Crippen LogP contribution in [0.4, 0.5) is 0 Å². The molecule has 0 saturated carbocycles. The summed E-state index contributed by atoms with van der Waals surface area (Å²) in [6, 6.07) is -1.82. The van der Waals surface area contributed by atoms with Crippen molar-refractivity contribution in [2.45, 2.75) is 32.0 Å². The van der Waals surface area contributed by atoms with E-state index in [0.29, 0.717) is 0 Å². The van der Waals surface area contributed by atoms with Crippen LogP contribution in [0, 0.1) is 11.8 Å². The van der Waals surface area contributed by atoms with Crippen molar-refractivity contribution in [1.29, 1.82) is 0 Å². The Morgan fingerprint density at radius 3 is 2.44 bits per heavy atom. The molecule has 0 aromatic rings. The van der Waals surface area contributed by atoms with E-state index in [4.69, 9.17) is 5.11 Å². The van der Waals surface area contributed by atoms with Gasteiger partial charge in [0.15, 0.2) is 11.8 Å². The van der Waals surface area contributed by atoms with E-state index < -0.39 is 47.7 Å². The van der Waals surface area contributed by atoms with E-state index in [0.717, 1.165) is 4.90 Å². The number of β-lactam (4-membered cyclic amide) rings is 1. The lowest BCUT2D eigenvalue weighted by Gasteiger charge is -2.46. The second-order valence-electron chi connectivity index (χ2n) is 4.43. The topological polar surface area (TPSA) is 94.9 Å². The molecule has 2 unspecified atom stereocenters. The quantitative estimate of drug-likeness (QED) is 0.459. The maximum absolute atomic E-state index is 11.7. The Morgan fingerprint density at radius 2 is 2.00 bits per heavy atom. The maximum Gasteiger partial charge on any atom is 0.334 e. The van der Waals surface area contributed by atoms with Crippen LogP contribution >= 0.6 is 0 Å². The highest BCUT2D eigenvalue weighted by atomic mass is 16.4. The fourth-order valence-corrected chi connectivity index (χ4v) is 2.69. The molecule has 5 atom stereocenters. The van der Waals surface area contributed by atoms with Crippen LogP contribution < -0.4 is 0 Å². The van der Waals surface area contributed by atoms with Crippen molar-refractivity contribution in [3.8, 4) is 0 Å². The first kappa shape index (κ1) is 11.1. The number of carbonyl (C=O) groups is 3. The summed E-state index contributed by atoms with van der Waals surface area (Å²) in [5.74, 6) is -3.34. The van der Waals surface area contributed by atoms with E-state index in [2.05, 4.69) is 0 Å². The van der Waals surface area contributed by atoms with Crippen LogP contribution in [0.15, 0.2) is 0 Å². The SMILES string of the molecule is CC(O)C1C(=O)N2[C@@H](C(=O)O)C(=O)[C@H](C)[C@H]12. The Kier molecular flexibility index (Phi) is 2.27. The predicted octanol–water partition coefficient (Wildman–Crippen LogP) is -1.13. The summed E-state index contributed by atoms with van der Waals surface area (Å²) in [4.78, 5) is 35.3. The number of Topliss-reactive ketones (excluding diaryl/α,β-unsaturated/α-hetero) is 1. The smallest absolute Gasteiger partial charge is 0.334 e. The van der Waals surface area contributed by atoms with Crippen LogP contribution in [0.25, 0.3) is 0 Å². The number of amides is 1. The molecule has 0 spiro atoms. The number of fused-ring (bicyclic) bond motifs is 1. The molecule has 0 bridgehead atoms. The number of rotatable bonds is 2. The number of carboxylic acid groups (broad SMARTS) is 1. The van der Waals surface area contributed by atoms with Gasteiger partial charge < -0.3 is 15.1 Å². The molecule has 2 aliphatic heterocycles. The molecule has 2 heterocycles. The molecule has 2 N–H and O–H groups in total. The Labute approximate surface area is 91.8 Å². The first-order valence-electron chi connectivity index (χ1n) is 5.14. The first-order valence-corrected chi connectivity index (χ1v) is 5.14. The van der Waals surface area contributed by atoms with E-state index in [9.17, 15) is 19.5 Å². The van der Waals surface area contributed by atoms with Crippen molar-refractivity contribution in [3.63, 3.8) is 0 Å².